The van der Waals surface area contributed by atoms with E-state index >= 15 is 0 Å². The molecule has 0 radical (unpaired) electrons. The van der Waals surface area contributed by atoms with Gasteiger partial charge in [-0.1, -0.05) is 18.2 Å². The molecule has 0 saturated carbocycles. The zero-order valence-corrected chi connectivity index (χ0v) is 11.5. The van der Waals surface area contributed by atoms with Crippen LogP contribution in [0.25, 0.3) is 0 Å². The average molecular weight is 267 g/mol. The van der Waals surface area contributed by atoms with E-state index in [2.05, 4.69) is 16.4 Å². The van der Waals surface area contributed by atoms with Crippen LogP contribution in [0.3, 0.4) is 0 Å². The minimum atomic E-state index is 0.187. The first-order chi connectivity index (χ1) is 9.78. The summed E-state index contributed by atoms with van der Waals surface area (Å²) in [5.41, 5.74) is 3.36. The fraction of sp³-hybridized carbons (Fsp3) is 0.250. The number of anilines is 2. The molecule has 102 valence electrons. The third-order valence-corrected chi connectivity index (χ3v) is 3.61. The molecule has 3 rings (SSSR count). The molecule has 0 atom stereocenters. The fourth-order valence-corrected chi connectivity index (χ4v) is 2.56. The number of hydrogen-bond acceptors (Lipinski definition) is 3. The lowest BCUT2D eigenvalue weighted by atomic mass is 10.0. The van der Waals surface area contributed by atoms with Gasteiger partial charge in [0.05, 0.1) is 6.54 Å². The van der Waals surface area contributed by atoms with Crippen molar-refractivity contribution < 1.29 is 4.79 Å². The number of carbonyl (C=O) groups excluding carboxylic acids is 1. The van der Waals surface area contributed by atoms with Crippen LogP contribution in [-0.4, -0.2) is 17.9 Å². The molecule has 1 aromatic carbocycles. The summed E-state index contributed by atoms with van der Waals surface area (Å²) < 4.78 is 0. The Hall–Kier alpha value is -2.36. The number of fused-ring (bicyclic) bond motifs is 1. The van der Waals surface area contributed by atoms with Gasteiger partial charge >= 0.3 is 0 Å². The molecule has 0 unspecified atom stereocenters. The Morgan fingerprint density at radius 3 is 2.95 bits per heavy atom. The maximum absolute atomic E-state index is 12.2. The van der Waals surface area contributed by atoms with Crippen molar-refractivity contribution in [3.05, 3.63) is 53.7 Å². The normalized spacial score (nSPS) is 14.1. The number of hydrogen-bond donors (Lipinski definition) is 1. The van der Waals surface area contributed by atoms with Crippen molar-refractivity contribution in [1.29, 1.82) is 0 Å². The lowest BCUT2D eigenvalue weighted by Gasteiger charge is -2.29. The standard InChI is InChI=1S/C16H17N3O/c1-17-15-10-12(8-9-18-15)11-19-14-5-3-2-4-13(14)6-7-16(19)20/h2-5,8-10H,6-7,11H2,1H3,(H,17,18). The zero-order valence-electron chi connectivity index (χ0n) is 11.5. The number of amides is 1. The highest BCUT2D eigenvalue weighted by atomic mass is 16.2. The predicted octanol–water partition coefficient (Wildman–Crippen LogP) is 2.60. The molecule has 20 heavy (non-hydrogen) atoms. The van der Waals surface area contributed by atoms with E-state index in [0.29, 0.717) is 13.0 Å². The van der Waals surface area contributed by atoms with Gasteiger partial charge in [0, 0.05) is 25.4 Å². The van der Waals surface area contributed by atoms with Gasteiger partial charge in [0.25, 0.3) is 0 Å². The van der Waals surface area contributed by atoms with E-state index in [0.717, 1.165) is 23.5 Å². The van der Waals surface area contributed by atoms with Gasteiger partial charge in [-0.15, -0.1) is 0 Å². The van der Waals surface area contributed by atoms with Gasteiger partial charge in [0.15, 0.2) is 0 Å². The Morgan fingerprint density at radius 1 is 1.25 bits per heavy atom. The third-order valence-electron chi connectivity index (χ3n) is 3.61. The quantitative estimate of drug-likeness (QED) is 0.929. The molecule has 0 saturated heterocycles. The molecule has 0 bridgehead atoms. The van der Waals surface area contributed by atoms with Gasteiger partial charge in [0.1, 0.15) is 5.82 Å². The molecule has 0 fully saturated rings. The first kappa shape index (κ1) is 12.7. The molecule has 0 spiro atoms. The molecule has 1 amide bonds. The van der Waals surface area contributed by atoms with Crippen LogP contribution >= 0.6 is 0 Å². The maximum atomic E-state index is 12.2. The van der Waals surface area contributed by atoms with Crippen molar-refractivity contribution in [2.45, 2.75) is 19.4 Å². The monoisotopic (exact) mass is 267 g/mol. The average Bonchev–Trinajstić information content (AvgIpc) is 2.50. The second kappa shape index (κ2) is 5.33. The minimum Gasteiger partial charge on any atom is -0.373 e. The van der Waals surface area contributed by atoms with E-state index in [-0.39, 0.29) is 5.91 Å². The number of pyridine rings is 1. The minimum absolute atomic E-state index is 0.187. The molecule has 1 aliphatic heterocycles. The SMILES string of the molecule is CNc1cc(CN2C(=O)CCc3ccccc32)ccn1. The van der Waals surface area contributed by atoms with Crippen LogP contribution in [0.4, 0.5) is 11.5 Å². The van der Waals surface area contributed by atoms with Gasteiger partial charge in [-0.05, 0) is 35.7 Å². The van der Waals surface area contributed by atoms with Crippen LogP contribution in [0.5, 0.6) is 0 Å². The molecule has 0 aliphatic carbocycles. The summed E-state index contributed by atoms with van der Waals surface area (Å²) in [5.74, 6) is 1.01. The number of benzene rings is 1. The predicted molar refractivity (Wildman–Crippen MR) is 79.7 cm³/mol. The summed E-state index contributed by atoms with van der Waals surface area (Å²) >= 11 is 0. The second-order valence-corrected chi connectivity index (χ2v) is 4.91. The first-order valence-corrected chi connectivity index (χ1v) is 6.79. The molecule has 1 aromatic heterocycles. The highest BCUT2D eigenvalue weighted by Gasteiger charge is 2.23. The smallest absolute Gasteiger partial charge is 0.227 e. The third kappa shape index (κ3) is 2.37. The summed E-state index contributed by atoms with van der Waals surface area (Å²) in [4.78, 5) is 18.3. The number of nitrogens with one attached hydrogen (secondary N) is 1. The Labute approximate surface area is 118 Å². The van der Waals surface area contributed by atoms with Crippen LogP contribution in [0, 0.1) is 0 Å². The van der Waals surface area contributed by atoms with Crippen LogP contribution in [0.15, 0.2) is 42.6 Å². The molecule has 4 heteroatoms. The van der Waals surface area contributed by atoms with Crippen molar-refractivity contribution in [3.63, 3.8) is 0 Å². The van der Waals surface area contributed by atoms with Crippen molar-refractivity contribution in [2.24, 2.45) is 0 Å². The van der Waals surface area contributed by atoms with Crippen LogP contribution < -0.4 is 10.2 Å². The van der Waals surface area contributed by atoms with Crippen LogP contribution in [-0.2, 0) is 17.8 Å². The van der Waals surface area contributed by atoms with E-state index in [1.165, 1.54) is 5.56 Å². The fourth-order valence-electron chi connectivity index (χ4n) is 2.56. The highest BCUT2D eigenvalue weighted by molar-refractivity contribution is 5.96. The topological polar surface area (TPSA) is 45.2 Å². The Morgan fingerprint density at radius 2 is 2.10 bits per heavy atom. The first-order valence-electron chi connectivity index (χ1n) is 6.79. The molecule has 1 N–H and O–H groups in total. The maximum Gasteiger partial charge on any atom is 0.227 e. The number of carbonyl (C=O) groups is 1. The number of rotatable bonds is 3. The van der Waals surface area contributed by atoms with Gasteiger partial charge in [-0.2, -0.15) is 0 Å². The van der Waals surface area contributed by atoms with Crippen molar-refractivity contribution in [1.82, 2.24) is 4.98 Å². The second-order valence-electron chi connectivity index (χ2n) is 4.91. The lowest BCUT2D eigenvalue weighted by molar-refractivity contribution is -0.119. The van der Waals surface area contributed by atoms with E-state index in [4.69, 9.17) is 0 Å². The van der Waals surface area contributed by atoms with Gasteiger partial charge in [0.2, 0.25) is 5.91 Å². The molecule has 4 nitrogen and oxygen atoms in total. The van der Waals surface area contributed by atoms with E-state index in [9.17, 15) is 4.79 Å². The molecule has 2 heterocycles. The van der Waals surface area contributed by atoms with Crippen LogP contribution in [0.1, 0.15) is 17.5 Å². The summed E-state index contributed by atoms with van der Waals surface area (Å²) in [5, 5.41) is 3.02. The van der Waals surface area contributed by atoms with E-state index < -0.39 is 0 Å². The van der Waals surface area contributed by atoms with Crippen molar-refractivity contribution >= 4 is 17.4 Å². The summed E-state index contributed by atoms with van der Waals surface area (Å²) in [6, 6.07) is 12.1. The summed E-state index contributed by atoms with van der Waals surface area (Å²) in [6.07, 6.45) is 3.19. The highest BCUT2D eigenvalue weighted by Crippen LogP contribution is 2.29. The molecule has 1 aliphatic rings. The molecular weight excluding hydrogens is 250 g/mol. The van der Waals surface area contributed by atoms with Crippen molar-refractivity contribution in [3.8, 4) is 0 Å². The van der Waals surface area contributed by atoms with E-state index in [1.807, 2.05) is 42.3 Å². The molecule has 2 aromatic rings. The number of aryl methyl sites for hydroxylation is 1. The zero-order chi connectivity index (χ0) is 13.9. The Balaban J connectivity index is 1.91. The van der Waals surface area contributed by atoms with Crippen LogP contribution in [0.2, 0.25) is 0 Å². The molecular formula is C16H17N3O. The number of nitrogens with zero attached hydrogens (tertiary/aromatic N) is 2. The summed E-state index contributed by atoms with van der Waals surface area (Å²) in [7, 11) is 1.84. The van der Waals surface area contributed by atoms with Gasteiger partial charge in [-0.25, -0.2) is 4.98 Å². The Bertz CT molecular complexity index is 639. The number of para-hydroxylation sites is 1. The Kier molecular flexibility index (Phi) is 3.37. The number of aromatic nitrogens is 1. The van der Waals surface area contributed by atoms with E-state index in [1.54, 1.807) is 6.20 Å². The van der Waals surface area contributed by atoms with Gasteiger partial charge < -0.3 is 10.2 Å². The van der Waals surface area contributed by atoms with Crippen molar-refractivity contribution in [2.75, 3.05) is 17.3 Å². The summed E-state index contributed by atoms with van der Waals surface area (Å²) in [6.45, 7) is 0.590. The lowest BCUT2D eigenvalue weighted by Crippen LogP contribution is -2.34. The largest absolute Gasteiger partial charge is 0.373 e. The van der Waals surface area contributed by atoms with Gasteiger partial charge in [-0.3, -0.25) is 4.79 Å².